The third-order valence-electron chi connectivity index (χ3n) is 2.16. The number of thioether (sulfide) groups is 1. The second kappa shape index (κ2) is 6.80. The number of rotatable bonds is 6. The predicted molar refractivity (Wildman–Crippen MR) is 76.9 cm³/mol. The van der Waals surface area contributed by atoms with Gasteiger partial charge in [0.15, 0.2) is 0 Å². The summed E-state index contributed by atoms with van der Waals surface area (Å²) in [6.45, 7) is 5.99. The molecule has 18 heavy (non-hydrogen) atoms. The normalized spacial score (nSPS) is 10.7. The molecule has 4 nitrogen and oxygen atoms in total. The van der Waals surface area contributed by atoms with Crippen molar-refractivity contribution in [1.82, 2.24) is 0 Å². The molecule has 0 bridgehead atoms. The number of nitrogens with one attached hydrogen (secondary N) is 1. The molecule has 0 aromatic carbocycles. The molecule has 0 aliphatic carbocycles. The first kappa shape index (κ1) is 15.0. The second-order valence-electron chi connectivity index (χ2n) is 4.02. The van der Waals surface area contributed by atoms with Gasteiger partial charge >= 0.3 is 5.97 Å². The molecule has 0 unspecified atom stereocenters. The highest BCUT2D eigenvalue weighted by Crippen LogP contribution is 2.28. The summed E-state index contributed by atoms with van der Waals surface area (Å²) in [7, 11) is 0. The lowest BCUT2D eigenvalue weighted by Crippen LogP contribution is -2.16. The van der Waals surface area contributed by atoms with Crippen LogP contribution in [0.5, 0.6) is 0 Å². The lowest BCUT2D eigenvalue weighted by molar-refractivity contribution is -0.113. The van der Waals surface area contributed by atoms with Crippen molar-refractivity contribution in [2.24, 2.45) is 0 Å². The Bertz CT molecular complexity index is 441. The molecule has 1 heterocycles. The fourth-order valence-corrected chi connectivity index (χ4v) is 2.83. The number of hydrogen-bond acceptors (Lipinski definition) is 4. The van der Waals surface area contributed by atoms with Crippen LogP contribution in [0.1, 0.15) is 36.0 Å². The minimum Gasteiger partial charge on any atom is -0.478 e. The molecule has 0 atom stereocenters. The molecule has 1 aromatic heterocycles. The van der Waals surface area contributed by atoms with Gasteiger partial charge in [0, 0.05) is 4.88 Å². The van der Waals surface area contributed by atoms with Gasteiger partial charge in [0.25, 0.3) is 0 Å². The van der Waals surface area contributed by atoms with E-state index >= 15 is 0 Å². The average Bonchev–Trinajstić information content (AvgIpc) is 2.69. The Morgan fingerprint density at radius 3 is 2.67 bits per heavy atom. The molecule has 0 saturated carbocycles. The molecule has 0 saturated heterocycles. The van der Waals surface area contributed by atoms with Gasteiger partial charge in [0.2, 0.25) is 5.91 Å². The van der Waals surface area contributed by atoms with Crippen LogP contribution in [-0.4, -0.2) is 28.0 Å². The Morgan fingerprint density at radius 2 is 2.17 bits per heavy atom. The van der Waals surface area contributed by atoms with Crippen molar-refractivity contribution in [2.45, 2.75) is 32.4 Å². The Labute approximate surface area is 115 Å². The summed E-state index contributed by atoms with van der Waals surface area (Å²) < 4.78 is 0. The molecule has 0 aliphatic heterocycles. The van der Waals surface area contributed by atoms with Crippen molar-refractivity contribution in [3.63, 3.8) is 0 Å². The summed E-state index contributed by atoms with van der Waals surface area (Å²) in [5, 5.41) is 12.6. The zero-order chi connectivity index (χ0) is 13.7. The van der Waals surface area contributed by atoms with Crippen molar-refractivity contribution < 1.29 is 14.7 Å². The Hall–Kier alpha value is -1.01. The number of aryl methyl sites for hydroxylation is 1. The number of amides is 1. The van der Waals surface area contributed by atoms with Crippen molar-refractivity contribution in [2.75, 3.05) is 11.1 Å². The maximum atomic E-state index is 11.7. The van der Waals surface area contributed by atoms with E-state index in [1.807, 2.05) is 20.8 Å². The van der Waals surface area contributed by atoms with E-state index < -0.39 is 5.97 Å². The lowest BCUT2D eigenvalue weighted by Gasteiger charge is -2.05. The summed E-state index contributed by atoms with van der Waals surface area (Å²) in [4.78, 5) is 23.7. The van der Waals surface area contributed by atoms with Gasteiger partial charge in [-0.15, -0.1) is 23.1 Å². The van der Waals surface area contributed by atoms with Gasteiger partial charge in [0.05, 0.1) is 11.3 Å². The number of anilines is 1. The standard InChI is InChI=1S/C12H17NO3S2/c1-4-8-5-9(12(15)16)11(18-8)13-10(14)6-17-7(2)3/h5,7H,4,6H2,1-3H3,(H,13,14)(H,15,16). The van der Waals surface area contributed by atoms with Crippen molar-refractivity contribution in [3.8, 4) is 0 Å². The van der Waals surface area contributed by atoms with Gasteiger partial charge in [-0.2, -0.15) is 0 Å². The third kappa shape index (κ3) is 4.34. The van der Waals surface area contributed by atoms with Crippen LogP contribution >= 0.6 is 23.1 Å². The number of carbonyl (C=O) groups excluding carboxylic acids is 1. The first-order valence-corrected chi connectivity index (χ1v) is 7.58. The highest BCUT2D eigenvalue weighted by atomic mass is 32.2. The van der Waals surface area contributed by atoms with Crippen LogP contribution in [0.4, 0.5) is 5.00 Å². The van der Waals surface area contributed by atoms with E-state index in [0.29, 0.717) is 16.0 Å². The minimum absolute atomic E-state index is 0.152. The SMILES string of the molecule is CCc1cc(C(=O)O)c(NC(=O)CSC(C)C)s1. The van der Waals surface area contributed by atoms with Gasteiger partial charge in [-0.1, -0.05) is 20.8 Å². The van der Waals surface area contributed by atoms with E-state index in [1.165, 1.54) is 23.1 Å². The molecule has 0 spiro atoms. The predicted octanol–water partition coefficient (Wildman–Crippen LogP) is 3.09. The Morgan fingerprint density at radius 1 is 1.50 bits per heavy atom. The zero-order valence-corrected chi connectivity index (χ0v) is 12.3. The van der Waals surface area contributed by atoms with Crippen LogP contribution in [0.15, 0.2) is 6.07 Å². The van der Waals surface area contributed by atoms with Crippen LogP contribution in [0, 0.1) is 0 Å². The number of carboxylic acids is 1. The van der Waals surface area contributed by atoms with E-state index in [2.05, 4.69) is 5.32 Å². The van der Waals surface area contributed by atoms with Crippen LogP contribution in [0.3, 0.4) is 0 Å². The first-order chi connectivity index (χ1) is 8.43. The number of carboxylic acid groups (broad SMARTS) is 1. The Balaban J connectivity index is 2.73. The van der Waals surface area contributed by atoms with E-state index in [9.17, 15) is 9.59 Å². The number of carbonyl (C=O) groups is 2. The largest absolute Gasteiger partial charge is 0.478 e. The molecule has 1 rings (SSSR count). The molecular weight excluding hydrogens is 270 g/mol. The van der Waals surface area contributed by atoms with Crippen LogP contribution in [0.25, 0.3) is 0 Å². The third-order valence-corrected chi connectivity index (χ3v) is 4.45. The molecule has 1 amide bonds. The number of aromatic carboxylic acids is 1. The monoisotopic (exact) mass is 287 g/mol. The molecule has 0 aliphatic rings. The van der Waals surface area contributed by atoms with E-state index in [-0.39, 0.29) is 11.5 Å². The smallest absolute Gasteiger partial charge is 0.338 e. The maximum absolute atomic E-state index is 11.7. The molecular formula is C12H17NO3S2. The lowest BCUT2D eigenvalue weighted by atomic mass is 10.2. The Kier molecular flexibility index (Phi) is 5.68. The average molecular weight is 287 g/mol. The van der Waals surface area contributed by atoms with Crippen molar-refractivity contribution >= 4 is 40.0 Å². The first-order valence-electron chi connectivity index (χ1n) is 5.71. The summed E-state index contributed by atoms with van der Waals surface area (Å²) in [5.74, 6) is -0.811. The van der Waals surface area contributed by atoms with Crippen LogP contribution in [-0.2, 0) is 11.2 Å². The van der Waals surface area contributed by atoms with Gasteiger partial charge in [0.1, 0.15) is 5.00 Å². The molecule has 1 aromatic rings. The van der Waals surface area contributed by atoms with Gasteiger partial charge in [-0.3, -0.25) is 4.79 Å². The zero-order valence-electron chi connectivity index (χ0n) is 10.6. The molecule has 100 valence electrons. The maximum Gasteiger partial charge on any atom is 0.338 e. The highest BCUT2D eigenvalue weighted by Gasteiger charge is 2.16. The summed E-state index contributed by atoms with van der Waals surface area (Å²) in [5.41, 5.74) is 0.180. The van der Waals surface area contributed by atoms with E-state index in [0.717, 1.165) is 11.3 Å². The van der Waals surface area contributed by atoms with E-state index in [1.54, 1.807) is 6.07 Å². The number of thiophene rings is 1. The van der Waals surface area contributed by atoms with Crippen LogP contribution < -0.4 is 5.32 Å². The van der Waals surface area contributed by atoms with Crippen molar-refractivity contribution in [1.29, 1.82) is 0 Å². The minimum atomic E-state index is -1.00. The van der Waals surface area contributed by atoms with Gasteiger partial charge < -0.3 is 10.4 Å². The van der Waals surface area contributed by atoms with Gasteiger partial charge in [-0.25, -0.2) is 4.79 Å². The fourth-order valence-electron chi connectivity index (χ4n) is 1.27. The topological polar surface area (TPSA) is 66.4 Å². The van der Waals surface area contributed by atoms with Crippen molar-refractivity contribution in [3.05, 3.63) is 16.5 Å². The summed E-state index contributed by atoms with van der Waals surface area (Å²) >= 11 is 2.86. The molecule has 0 fully saturated rings. The highest BCUT2D eigenvalue weighted by molar-refractivity contribution is 8.00. The number of hydrogen-bond donors (Lipinski definition) is 2. The summed E-state index contributed by atoms with van der Waals surface area (Å²) in [6, 6.07) is 1.62. The molecule has 0 radical (unpaired) electrons. The fraction of sp³-hybridized carbons (Fsp3) is 0.500. The second-order valence-corrected chi connectivity index (χ2v) is 6.72. The van der Waals surface area contributed by atoms with Crippen LogP contribution in [0.2, 0.25) is 0 Å². The summed E-state index contributed by atoms with van der Waals surface area (Å²) in [6.07, 6.45) is 0.765. The van der Waals surface area contributed by atoms with Gasteiger partial charge in [-0.05, 0) is 17.7 Å². The van der Waals surface area contributed by atoms with E-state index in [4.69, 9.17) is 5.11 Å². The quantitative estimate of drug-likeness (QED) is 0.843. The molecule has 6 heteroatoms. The molecule has 2 N–H and O–H groups in total.